The average molecular weight is 284 g/mol. The van der Waals surface area contributed by atoms with Crippen LogP contribution in [0.2, 0.25) is 0 Å². The lowest BCUT2D eigenvalue weighted by Crippen LogP contribution is -2.41. The molecule has 5 heteroatoms. The zero-order chi connectivity index (χ0) is 14.7. The highest BCUT2D eigenvalue weighted by Gasteiger charge is 2.30. The summed E-state index contributed by atoms with van der Waals surface area (Å²) in [7, 11) is 0. The van der Waals surface area contributed by atoms with Crippen molar-refractivity contribution in [2.45, 2.75) is 25.7 Å². The molecule has 1 amide bonds. The van der Waals surface area contributed by atoms with E-state index >= 15 is 0 Å². The van der Waals surface area contributed by atoms with E-state index in [2.05, 4.69) is 16.0 Å². The Balaban J connectivity index is 1.68. The Morgan fingerprint density at radius 3 is 2.81 bits per heavy atom. The highest BCUT2D eigenvalue weighted by atomic mass is 16.2. The van der Waals surface area contributed by atoms with Crippen molar-refractivity contribution >= 4 is 11.6 Å². The number of pyridine rings is 1. The van der Waals surface area contributed by atoms with Crippen LogP contribution < -0.4 is 4.90 Å². The van der Waals surface area contributed by atoms with E-state index in [1.807, 2.05) is 17.0 Å². The van der Waals surface area contributed by atoms with Gasteiger partial charge in [0.25, 0.3) is 0 Å². The summed E-state index contributed by atoms with van der Waals surface area (Å²) in [5, 5.41) is 9.17. The predicted octanol–water partition coefficient (Wildman–Crippen LogP) is 1.79. The van der Waals surface area contributed by atoms with Gasteiger partial charge < -0.3 is 9.80 Å². The number of hydrogen-bond donors (Lipinski definition) is 0. The van der Waals surface area contributed by atoms with Gasteiger partial charge in [0.2, 0.25) is 5.91 Å². The summed E-state index contributed by atoms with van der Waals surface area (Å²) in [5.41, 5.74) is 1.36. The van der Waals surface area contributed by atoms with Crippen molar-refractivity contribution in [2.24, 2.45) is 5.92 Å². The lowest BCUT2D eigenvalue weighted by Gasteiger charge is -2.31. The molecular formula is C16H20N4O. The van der Waals surface area contributed by atoms with Crippen LogP contribution in [0.4, 0.5) is 5.69 Å². The fourth-order valence-corrected chi connectivity index (χ4v) is 3.03. The SMILES string of the molecule is N#Cc1ncccc1N1CCCN(C(=O)C2CCC2)CC1. The third-order valence-electron chi connectivity index (χ3n) is 4.49. The molecular weight excluding hydrogens is 264 g/mol. The molecule has 0 atom stereocenters. The summed E-state index contributed by atoms with van der Waals surface area (Å²) in [6.45, 7) is 3.22. The van der Waals surface area contributed by atoms with E-state index in [1.165, 1.54) is 6.42 Å². The van der Waals surface area contributed by atoms with Gasteiger partial charge in [0.05, 0.1) is 5.69 Å². The molecule has 0 spiro atoms. The lowest BCUT2D eigenvalue weighted by atomic mass is 9.84. The first-order chi connectivity index (χ1) is 10.3. The summed E-state index contributed by atoms with van der Waals surface area (Å²) >= 11 is 0. The summed E-state index contributed by atoms with van der Waals surface area (Å²) in [5.74, 6) is 0.597. The Morgan fingerprint density at radius 2 is 2.10 bits per heavy atom. The minimum absolute atomic E-state index is 0.268. The van der Waals surface area contributed by atoms with E-state index in [4.69, 9.17) is 5.26 Å². The largest absolute Gasteiger partial charge is 0.367 e. The van der Waals surface area contributed by atoms with Crippen molar-refractivity contribution in [3.63, 3.8) is 0 Å². The Hall–Kier alpha value is -2.09. The standard InChI is InChI=1S/C16H20N4O/c17-12-14-15(6-2-7-18-14)19-8-3-9-20(11-10-19)16(21)13-4-1-5-13/h2,6-7,13H,1,3-5,8-11H2. The number of amides is 1. The fraction of sp³-hybridized carbons (Fsp3) is 0.562. The van der Waals surface area contributed by atoms with Crippen LogP contribution in [0.25, 0.3) is 0 Å². The second kappa shape index (κ2) is 6.13. The van der Waals surface area contributed by atoms with Gasteiger partial charge in [-0.2, -0.15) is 5.26 Å². The molecule has 110 valence electrons. The van der Waals surface area contributed by atoms with E-state index in [9.17, 15) is 4.79 Å². The quantitative estimate of drug-likeness (QED) is 0.830. The number of carbonyl (C=O) groups is 1. The predicted molar refractivity (Wildman–Crippen MR) is 79.7 cm³/mol. The van der Waals surface area contributed by atoms with Crippen LogP contribution >= 0.6 is 0 Å². The van der Waals surface area contributed by atoms with Gasteiger partial charge in [-0.15, -0.1) is 0 Å². The first kappa shape index (κ1) is 13.9. The Labute approximate surface area is 125 Å². The second-order valence-corrected chi connectivity index (χ2v) is 5.78. The van der Waals surface area contributed by atoms with Crippen LogP contribution in [0, 0.1) is 17.2 Å². The van der Waals surface area contributed by atoms with Gasteiger partial charge in [0.15, 0.2) is 5.69 Å². The summed E-state index contributed by atoms with van der Waals surface area (Å²) in [4.78, 5) is 20.7. The number of nitrogens with zero attached hydrogens (tertiary/aromatic N) is 4. The minimum atomic E-state index is 0.268. The first-order valence-electron chi connectivity index (χ1n) is 7.68. The van der Waals surface area contributed by atoms with E-state index in [0.29, 0.717) is 11.6 Å². The maximum Gasteiger partial charge on any atom is 0.225 e. The molecule has 1 aromatic heterocycles. The maximum atomic E-state index is 12.3. The molecule has 2 fully saturated rings. The maximum absolute atomic E-state index is 12.3. The fourth-order valence-electron chi connectivity index (χ4n) is 3.03. The minimum Gasteiger partial charge on any atom is -0.367 e. The average Bonchev–Trinajstić information content (AvgIpc) is 2.71. The molecule has 0 N–H and O–H groups in total. The monoisotopic (exact) mass is 284 g/mol. The Bertz CT molecular complexity index is 562. The van der Waals surface area contributed by atoms with Crippen molar-refractivity contribution in [3.05, 3.63) is 24.0 Å². The van der Waals surface area contributed by atoms with Gasteiger partial charge in [-0.25, -0.2) is 4.98 Å². The molecule has 1 saturated heterocycles. The highest BCUT2D eigenvalue weighted by Crippen LogP contribution is 2.29. The zero-order valence-corrected chi connectivity index (χ0v) is 12.2. The van der Waals surface area contributed by atoms with Crippen molar-refractivity contribution < 1.29 is 4.79 Å². The molecule has 2 aliphatic rings. The molecule has 21 heavy (non-hydrogen) atoms. The molecule has 1 aliphatic heterocycles. The summed E-state index contributed by atoms with van der Waals surface area (Å²) < 4.78 is 0. The number of hydrogen-bond acceptors (Lipinski definition) is 4. The smallest absolute Gasteiger partial charge is 0.225 e. The van der Waals surface area contributed by atoms with Crippen LogP contribution in [0.15, 0.2) is 18.3 Å². The Morgan fingerprint density at radius 1 is 1.24 bits per heavy atom. The van der Waals surface area contributed by atoms with Crippen molar-refractivity contribution in [3.8, 4) is 6.07 Å². The van der Waals surface area contributed by atoms with E-state index in [1.54, 1.807) is 6.20 Å². The highest BCUT2D eigenvalue weighted by molar-refractivity contribution is 5.79. The van der Waals surface area contributed by atoms with E-state index < -0.39 is 0 Å². The van der Waals surface area contributed by atoms with Crippen LogP contribution in [0.1, 0.15) is 31.4 Å². The molecule has 1 aromatic rings. The van der Waals surface area contributed by atoms with E-state index in [-0.39, 0.29) is 5.92 Å². The van der Waals surface area contributed by atoms with Gasteiger partial charge in [-0.3, -0.25) is 4.79 Å². The number of nitriles is 1. The molecule has 0 aromatic carbocycles. The molecule has 3 rings (SSSR count). The summed E-state index contributed by atoms with van der Waals surface area (Å²) in [6.07, 6.45) is 5.89. The number of anilines is 1. The van der Waals surface area contributed by atoms with Crippen LogP contribution in [-0.4, -0.2) is 42.0 Å². The molecule has 0 bridgehead atoms. The molecule has 2 heterocycles. The topological polar surface area (TPSA) is 60.2 Å². The van der Waals surface area contributed by atoms with Gasteiger partial charge in [0.1, 0.15) is 6.07 Å². The first-order valence-corrected chi connectivity index (χ1v) is 7.68. The number of aromatic nitrogens is 1. The second-order valence-electron chi connectivity index (χ2n) is 5.78. The van der Waals surface area contributed by atoms with Crippen molar-refractivity contribution in [2.75, 3.05) is 31.1 Å². The van der Waals surface area contributed by atoms with E-state index in [0.717, 1.165) is 51.1 Å². The molecule has 0 radical (unpaired) electrons. The van der Waals surface area contributed by atoms with Crippen LogP contribution in [-0.2, 0) is 4.79 Å². The van der Waals surface area contributed by atoms with Crippen LogP contribution in [0.3, 0.4) is 0 Å². The molecule has 1 aliphatic carbocycles. The van der Waals surface area contributed by atoms with Gasteiger partial charge in [-0.05, 0) is 31.4 Å². The molecule has 5 nitrogen and oxygen atoms in total. The normalized spacial score (nSPS) is 19.6. The Kier molecular flexibility index (Phi) is 4.05. The van der Waals surface area contributed by atoms with Crippen molar-refractivity contribution in [1.29, 1.82) is 5.26 Å². The van der Waals surface area contributed by atoms with Crippen LogP contribution in [0.5, 0.6) is 0 Å². The number of carbonyl (C=O) groups excluding carboxylic acids is 1. The van der Waals surface area contributed by atoms with Gasteiger partial charge >= 0.3 is 0 Å². The van der Waals surface area contributed by atoms with Crippen molar-refractivity contribution in [1.82, 2.24) is 9.88 Å². The summed E-state index contributed by atoms with van der Waals surface area (Å²) in [6, 6.07) is 5.95. The zero-order valence-electron chi connectivity index (χ0n) is 12.2. The molecule has 1 saturated carbocycles. The molecule has 0 unspecified atom stereocenters. The lowest BCUT2D eigenvalue weighted by molar-refractivity contribution is -0.137. The number of rotatable bonds is 2. The van der Waals surface area contributed by atoms with Gasteiger partial charge in [0, 0.05) is 38.3 Å². The third kappa shape index (κ3) is 2.85. The van der Waals surface area contributed by atoms with Gasteiger partial charge in [-0.1, -0.05) is 6.42 Å². The third-order valence-corrected chi connectivity index (χ3v) is 4.49.